The van der Waals surface area contributed by atoms with Gasteiger partial charge in [-0.1, -0.05) is 0 Å². The maximum atomic E-state index is 12.6. The smallest absolute Gasteiger partial charge is 0.217 e. The number of nitrogens with zero attached hydrogens (tertiary/aromatic N) is 1. The molecule has 0 aromatic carbocycles. The molecule has 0 fully saturated rings. The molecule has 0 saturated carbocycles. The number of nitrogens with two attached hydrogens (primary N) is 1. The summed E-state index contributed by atoms with van der Waals surface area (Å²) in [6, 6.07) is 1.61. The zero-order chi connectivity index (χ0) is 7.56. The fourth-order valence-corrected chi connectivity index (χ4v) is 0.986. The number of rotatable bonds is 1. The standard InChI is InChI=1S/C6H6BrFN2.ClH/c7-5-1-4(2-9)6(8)10-3-5;/h1,3H,2,9H2;1H. The summed E-state index contributed by atoms with van der Waals surface area (Å²) in [4.78, 5) is 3.46. The van der Waals surface area contributed by atoms with E-state index in [0.717, 1.165) is 4.47 Å². The van der Waals surface area contributed by atoms with Crippen molar-refractivity contribution >= 4 is 28.3 Å². The highest BCUT2D eigenvalue weighted by atomic mass is 79.9. The van der Waals surface area contributed by atoms with Crippen molar-refractivity contribution in [1.82, 2.24) is 4.98 Å². The van der Waals surface area contributed by atoms with E-state index in [2.05, 4.69) is 20.9 Å². The van der Waals surface area contributed by atoms with Crippen LogP contribution >= 0.6 is 28.3 Å². The highest BCUT2D eigenvalue weighted by Gasteiger charge is 2.00. The third kappa shape index (κ3) is 2.73. The fourth-order valence-electron chi connectivity index (χ4n) is 0.608. The quantitative estimate of drug-likeness (QED) is 0.762. The van der Waals surface area contributed by atoms with Gasteiger partial charge in [0.15, 0.2) is 0 Å². The summed E-state index contributed by atoms with van der Waals surface area (Å²) in [6.07, 6.45) is 1.40. The van der Waals surface area contributed by atoms with Gasteiger partial charge in [0, 0.05) is 22.8 Å². The summed E-state index contributed by atoms with van der Waals surface area (Å²) in [5.74, 6) is -0.495. The molecule has 0 unspecified atom stereocenters. The summed E-state index contributed by atoms with van der Waals surface area (Å²) >= 11 is 3.15. The summed E-state index contributed by atoms with van der Waals surface area (Å²) in [6.45, 7) is 0.179. The number of hydrogen-bond acceptors (Lipinski definition) is 2. The van der Waals surface area contributed by atoms with Gasteiger partial charge in [0.25, 0.3) is 0 Å². The van der Waals surface area contributed by atoms with Crippen LogP contribution in [0.5, 0.6) is 0 Å². The van der Waals surface area contributed by atoms with Gasteiger partial charge in [-0.3, -0.25) is 0 Å². The fraction of sp³-hybridized carbons (Fsp3) is 0.167. The maximum Gasteiger partial charge on any atom is 0.217 e. The molecule has 0 saturated heterocycles. The Bertz CT molecular complexity index is 244. The molecule has 0 bridgehead atoms. The monoisotopic (exact) mass is 240 g/mol. The number of halogens is 3. The molecule has 0 aliphatic carbocycles. The third-order valence-corrected chi connectivity index (χ3v) is 1.53. The van der Waals surface area contributed by atoms with Crippen molar-refractivity contribution in [2.75, 3.05) is 0 Å². The van der Waals surface area contributed by atoms with Crippen molar-refractivity contribution in [3.05, 3.63) is 28.2 Å². The van der Waals surface area contributed by atoms with Crippen LogP contribution in [0.1, 0.15) is 5.56 Å². The van der Waals surface area contributed by atoms with Gasteiger partial charge < -0.3 is 5.73 Å². The third-order valence-electron chi connectivity index (χ3n) is 1.10. The van der Waals surface area contributed by atoms with Crippen LogP contribution in [0.15, 0.2) is 16.7 Å². The van der Waals surface area contributed by atoms with E-state index in [1.165, 1.54) is 6.20 Å². The van der Waals surface area contributed by atoms with Crippen molar-refractivity contribution in [2.45, 2.75) is 6.54 Å². The average Bonchev–Trinajstić information content (AvgIpc) is 1.94. The van der Waals surface area contributed by atoms with Crippen LogP contribution in [0.2, 0.25) is 0 Å². The van der Waals surface area contributed by atoms with Crippen LogP contribution in [-0.4, -0.2) is 4.98 Å². The lowest BCUT2D eigenvalue weighted by atomic mass is 10.3. The van der Waals surface area contributed by atoms with E-state index < -0.39 is 5.95 Å². The SMILES string of the molecule is Cl.NCc1cc(Br)cnc1F. The molecule has 11 heavy (non-hydrogen) atoms. The van der Waals surface area contributed by atoms with Crippen molar-refractivity contribution in [3.8, 4) is 0 Å². The lowest BCUT2D eigenvalue weighted by molar-refractivity contribution is 0.566. The van der Waals surface area contributed by atoms with Gasteiger partial charge >= 0.3 is 0 Å². The van der Waals surface area contributed by atoms with Crippen molar-refractivity contribution in [3.63, 3.8) is 0 Å². The first kappa shape index (κ1) is 10.8. The Balaban J connectivity index is 0.000001000. The van der Waals surface area contributed by atoms with Crippen molar-refractivity contribution in [1.29, 1.82) is 0 Å². The van der Waals surface area contributed by atoms with Gasteiger partial charge in [-0.25, -0.2) is 4.98 Å². The van der Waals surface area contributed by atoms with E-state index in [-0.39, 0.29) is 19.0 Å². The molecule has 0 spiro atoms. The predicted molar refractivity (Wildman–Crippen MR) is 47.0 cm³/mol. The molecule has 0 aliphatic rings. The van der Waals surface area contributed by atoms with Crippen LogP contribution < -0.4 is 5.73 Å². The van der Waals surface area contributed by atoms with E-state index >= 15 is 0 Å². The van der Waals surface area contributed by atoms with Gasteiger partial charge in [-0.15, -0.1) is 12.4 Å². The Morgan fingerprint density at radius 3 is 2.73 bits per heavy atom. The minimum atomic E-state index is -0.495. The Morgan fingerprint density at radius 1 is 1.64 bits per heavy atom. The molecule has 1 rings (SSSR count). The first-order chi connectivity index (χ1) is 4.74. The Labute approximate surface area is 78.5 Å². The molecule has 1 aromatic heterocycles. The van der Waals surface area contributed by atoms with E-state index in [9.17, 15) is 4.39 Å². The second-order valence-corrected chi connectivity index (χ2v) is 2.72. The van der Waals surface area contributed by atoms with E-state index in [1.807, 2.05) is 0 Å². The highest BCUT2D eigenvalue weighted by Crippen LogP contribution is 2.11. The second kappa shape index (κ2) is 4.64. The predicted octanol–water partition coefficient (Wildman–Crippen LogP) is 1.86. The molecule has 1 aromatic rings. The molecule has 0 atom stereocenters. The van der Waals surface area contributed by atoms with Gasteiger partial charge in [-0.2, -0.15) is 4.39 Å². The molecule has 0 radical (unpaired) electrons. The molecule has 2 N–H and O–H groups in total. The molecule has 62 valence electrons. The molecule has 1 heterocycles. The lowest BCUT2D eigenvalue weighted by Gasteiger charge is -1.96. The van der Waals surface area contributed by atoms with Crippen molar-refractivity contribution in [2.24, 2.45) is 5.73 Å². The zero-order valence-electron chi connectivity index (χ0n) is 5.55. The van der Waals surface area contributed by atoms with Crippen LogP contribution in [0.25, 0.3) is 0 Å². The summed E-state index contributed by atoms with van der Waals surface area (Å²) in [7, 11) is 0. The highest BCUT2D eigenvalue weighted by molar-refractivity contribution is 9.10. The first-order valence-electron chi connectivity index (χ1n) is 2.74. The van der Waals surface area contributed by atoms with Gasteiger partial charge in [-0.05, 0) is 22.0 Å². The minimum Gasteiger partial charge on any atom is -0.326 e. The number of pyridine rings is 1. The first-order valence-corrected chi connectivity index (χ1v) is 3.53. The van der Waals surface area contributed by atoms with E-state index in [4.69, 9.17) is 5.73 Å². The largest absolute Gasteiger partial charge is 0.326 e. The number of aromatic nitrogens is 1. The van der Waals surface area contributed by atoms with Crippen LogP contribution in [0.3, 0.4) is 0 Å². The van der Waals surface area contributed by atoms with Gasteiger partial charge in [0.1, 0.15) is 0 Å². The molecular formula is C6H7BrClFN2. The Kier molecular flexibility index (Phi) is 4.56. The van der Waals surface area contributed by atoms with Crippen molar-refractivity contribution < 1.29 is 4.39 Å². The molecule has 5 heteroatoms. The van der Waals surface area contributed by atoms with Crippen LogP contribution in [0.4, 0.5) is 4.39 Å². The summed E-state index contributed by atoms with van der Waals surface area (Å²) in [5.41, 5.74) is 5.64. The normalized spacial score (nSPS) is 9.00. The van der Waals surface area contributed by atoms with Crippen LogP contribution in [-0.2, 0) is 6.54 Å². The number of hydrogen-bond donors (Lipinski definition) is 1. The second-order valence-electron chi connectivity index (χ2n) is 1.81. The molecular weight excluding hydrogens is 234 g/mol. The topological polar surface area (TPSA) is 38.9 Å². The zero-order valence-corrected chi connectivity index (χ0v) is 7.95. The van der Waals surface area contributed by atoms with Gasteiger partial charge in [0.2, 0.25) is 5.95 Å². The van der Waals surface area contributed by atoms with E-state index in [0.29, 0.717) is 5.56 Å². The lowest BCUT2D eigenvalue weighted by Crippen LogP contribution is -2.01. The average molecular weight is 241 g/mol. The Morgan fingerprint density at radius 2 is 2.27 bits per heavy atom. The van der Waals surface area contributed by atoms with Gasteiger partial charge in [0.05, 0.1) is 0 Å². The Hall–Kier alpha value is -0.190. The molecule has 0 aliphatic heterocycles. The molecule has 2 nitrogen and oxygen atoms in total. The molecule has 0 amide bonds. The summed E-state index contributed by atoms with van der Waals surface area (Å²) < 4.78 is 13.3. The summed E-state index contributed by atoms with van der Waals surface area (Å²) in [5, 5.41) is 0. The maximum absolute atomic E-state index is 12.6. The minimum absolute atomic E-state index is 0. The van der Waals surface area contributed by atoms with E-state index in [1.54, 1.807) is 6.07 Å². The van der Waals surface area contributed by atoms with Crippen LogP contribution in [0, 0.1) is 5.95 Å².